The summed E-state index contributed by atoms with van der Waals surface area (Å²) in [7, 11) is 1.69. The summed E-state index contributed by atoms with van der Waals surface area (Å²) in [5.74, 6) is 0. The normalized spacial score (nSPS) is 13.8. The van der Waals surface area contributed by atoms with Crippen molar-refractivity contribution in [1.82, 2.24) is 0 Å². The number of azo groups is 1. The van der Waals surface area contributed by atoms with Crippen LogP contribution in [0.15, 0.2) is 15.2 Å². The lowest BCUT2D eigenvalue weighted by atomic mass is 10.1. The maximum Gasteiger partial charge on any atom is 0.161 e. The molecule has 4 heteroatoms. The fraction of sp³-hybridized carbons (Fsp3) is 0.778. The summed E-state index contributed by atoms with van der Waals surface area (Å²) in [6.45, 7) is 7.21. The Morgan fingerprint density at radius 2 is 1.69 bits per heavy atom. The molecule has 0 spiro atoms. The first kappa shape index (κ1) is 11.8. The van der Waals surface area contributed by atoms with Crippen molar-refractivity contribution in [2.45, 2.75) is 38.8 Å². The third-order valence-corrected chi connectivity index (χ3v) is 1.28. The summed E-state index contributed by atoms with van der Waals surface area (Å²) in [4.78, 5) is 3.87. The van der Waals surface area contributed by atoms with Crippen LogP contribution in [0.1, 0.15) is 27.7 Å². The second kappa shape index (κ2) is 4.13. The molecule has 0 aromatic carbocycles. The van der Waals surface area contributed by atoms with Crippen LogP contribution in [0.2, 0.25) is 0 Å². The standard InChI is InChI=1S/C9H16N4/c1-8(2,6-10)12-13-9(3,4)7-11-5/h7H,1-5H3/b11-7+,13-12?. The number of aliphatic imine (C=N–C) groups is 1. The van der Waals surface area contributed by atoms with Gasteiger partial charge in [-0.15, -0.1) is 0 Å². The van der Waals surface area contributed by atoms with Gasteiger partial charge in [0.15, 0.2) is 5.54 Å². The van der Waals surface area contributed by atoms with Gasteiger partial charge in [0.05, 0.1) is 6.07 Å². The molecule has 0 amide bonds. The van der Waals surface area contributed by atoms with Gasteiger partial charge in [-0.25, -0.2) is 0 Å². The van der Waals surface area contributed by atoms with Crippen molar-refractivity contribution >= 4 is 6.21 Å². The first-order valence-corrected chi connectivity index (χ1v) is 4.11. The summed E-state index contributed by atoms with van der Waals surface area (Å²) in [5, 5.41) is 16.7. The highest BCUT2D eigenvalue weighted by molar-refractivity contribution is 5.68. The summed E-state index contributed by atoms with van der Waals surface area (Å²) in [5.41, 5.74) is -1.18. The van der Waals surface area contributed by atoms with E-state index in [1.54, 1.807) is 27.1 Å². The SMILES string of the molecule is C/N=C/C(C)(C)N=NC(C)(C)C#N. The molecule has 72 valence electrons. The molecule has 0 unspecified atom stereocenters. The topological polar surface area (TPSA) is 60.9 Å². The van der Waals surface area contributed by atoms with Gasteiger partial charge in [-0.3, -0.25) is 4.99 Å². The lowest BCUT2D eigenvalue weighted by Crippen LogP contribution is -2.20. The fourth-order valence-corrected chi connectivity index (χ4v) is 0.618. The zero-order valence-electron chi connectivity index (χ0n) is 8.87. The second-order valence-electron chi connectivity index (χ2n) is 3.91. The van der Waals surface area contributed by atoms with Crippen LogP contribution in [0.25, 0.3) is 0 Å². The quantitative estimate of drug-likeness (QED) is 0.485. The van der Waals surface area contributed by atoms with Crippen LogP contribution in [0.5, 0.6) is 0 Å². The average Bonchev–Trinajstić information content (AvgIpc) is 2.02. The molecule has 0 heterocycles. The molecule has 0 atom stereocenters. The van der Waals surface area contributed by atoms with E-state index in [1.165, 1.54) is 0 Å². The van der Waals surface area contributed by atoms with E-state index in [4.69, 9.17) is 5.26 Å². The predicted octanol–water partition coefficient (Wildman–Crippen LogP) is 2.22. The van der Waals surface area contributed by atoms with Gasteiger partial charge in [0.1, 0.15) is 5.54 Å². The molecule has 0 rings (SSSR count). The minimum Gasteiger partial charge on any atom is -0.298 e. The Morgan fingerprint density at radius 3 is 2.08 bits per heavy atom. The molecule has 0 aliphatic rings. The summed E-state index contributed by atoms with van der Waals surface area (Å²) in [6.07, 6.45) is 1.70. The number of hydrogen-bond acceptors (Lipinski definition) is 4. The van der Waals surface area contributed by atoms with E-state index in [0.717, 1.165) is 0 Å². The molecule has 0 radical (unpaired) electrons. The highest BCUT2D eigenvalue weighted by Gasteiger charge is 2.18. The van der Waals surface area contributed by atoms with E-state index < -0.39 is 11.1 Å². The van der Waals surface area contributed by atoms with Gasteiger partial charge >= 0.3 is 0 Å². The zero-order valence-corrected chi connectivity index (χ0v) is 8.87. The van der Waals surface area contributed by atoms with Gasteiger partial charge in [-0.2, -0.15) is 15.5 Å². The molecule has 0 saturated heterocycles. The molecular formula is C9H16N4. The summed E-state index contributed by atoms with van der Waals surface area (Å²) >= 11 is 0. The first-order valence-electron chi connectivity index (χ1n) is 4.11. The Kier molecular flexibility index (Phi) is 3.73. The molecule has 0 fully saturated rings. The molecule has 0 aromatic rings. The van der Waals surface area contributed by atoms with E-state index in [9.17, 15) is 0 Å². The molecular weight excluding hydrogens is 164 g/mol. The molecule has 0 N–H and O–H groups in total. The van der Waals surface area contributed by atoms with Gasteiger partial charge in [-0.1, -0.05) is 0 Å². The molecule has 0 aromatic heterocycles. The Bertz CT molecular complexity index is 255. The average molecular weight is 180 g/mol. The zero-order chi connectivity index (χ0) is 10.5. The summed E-state index contributed by atoms with van der Waals surface area (Å²) < 4.78 is 0. The van der Waals surface area contributed by atoms with Crippen LogP contribution < -0.4 is 0 Å². The van der Waals surface area contributed by atoms with E-state index in [0.29, 0.717) is 0 Å². The van der Waals surface area contributed by atoms with Crippen molar-refractivity contribution in [1.29, 1.82) is 5.26 Å². The van der Waals surface area contributed by atoms with E-state index in [2.05, 4.69) is 21.3 Å². The van der Waals surface area contributed by atoms with E-state index >= 15 is 0 Å². The van der Waals surface area contributed by atoms with Crippen LogP contribution in [0, 0.1) is 11.3 Å². The van der Waals surface area contributed by atoms with Gasteiger partial charge < -0.3 is 0 Å². The maximum absolute atomic E-state index is 8.68. The van der Waals surface area contributed by atoms with E-state index in [-0.39, 0.29) is 0 Å². The van der Waals surface area contributed by atoms with Crippen LogP contribution in [0.4, 0.5) is 0 Å². The second-order valence-corrected chi connectivity index (χ2v) is 3.91. The number of hydrogen-bond donors (Lipinski definition) is 0. The molecule has 0 aliphatic carbocycles. The lowest BCUT2D eigenvalue weighted by Gasteiger charge is -2.14. The van der Waals surface area contributed by atoms with Crippen molar-refractivity contribution in [3.05, 3.63) is 0 Å². The molecule has 4 nitrogen and oxygen atoms in total. The van der Waals surface area contributed by atoms with Gasteiger partial charge in [0.2, 0.25) is 0 Å². The molecule has 13 heavy (non-hydrogen) atoms. The lowest BCUT2D eigenvalue weighted by molar-refractivity contribution is 0.557. The van der Waals surface area contributed by atoms with Crippen LogP contribution >= 0.6 is 0 Å². The first-order chi connectivity index (χ1) is 5.83. The van der Waals surface area contributed by atoms with Crippen molar-refractivity contribution in [3.8, 4) is 6.07 Å². The Morgan fingerprint density at radius 1 is 1.15 bits per heavy atom. The smallest absolute Gasteiger partial charge is 0.161 e. The van der Waals surface area contributed by atoms with Crippen LogP contribution in [0.3, 0.4) is 0 Å². The highest BCUT2D eigenvalue weighted by Crippen LogP contribution is 2.13. The fourth-order valence-electron chi connectivity index (χ4n) is 0.618. The van der Waals surface area contributed by atoms with Crippen molar-refractivity contribution in [3.63, 3.8) is 0 Å². The summed E-state index contributed by atoms with van der Waals surface area (Å²) in [6, 6.07) is 2.05. The Balaban J connectivity index is 4.54. The molecule has 0 bridgehead atoms. The minimum atomic E-state index is -0.751. The van der Waals surface area contributed by atoms with Crippen molar-refractivity contribution < 1.29 is 0 Å². The number of rotatable bonds is 3. The monoisotopic (exact) mass is 180 g/mol. The van der Waals surface area contributed by atoms with Gasteiger partial charge in [0, 0.05) is 13.3 Å². The Labute approximate surface area is 79.4 Å². The number of nitrogens with zero attached hydrogens (tertiary/aromatic N) is 4. The predicted molar refractivity (Wildman–Crippen MR) is 53.0 cm³/mol. The molecule has 0 aliphatic heterocycles. The van der Waals surface area contributed by atoms with Gasteiger partial charge in [-0.05, 0) is 27.7 Å². The maximum atomic E-state index is 8.68. The Hall–Kier alpha value is -1.24. The van der Waals surface area contributed by atoms with Crippen LogP contribution in [-0.4, -0.2) is 24.3 Å². The largest absolute Gasteiger partial charge is 0.298 e. The van der Waals surface area contributed by atoms with Gasteiger partial charge in [0.25, 0.3) is 0 Å². The third kappa shape index (κ3) is 5.07. The minimum absolute atomic E-state index is 0.428. The third-order valence-electron chi connectivity index (χ3n) is 1.28. The van der Waals surface area contributed by atoms with Crippen molar-refractivity contribution in [2.24, 2.45) is 15.2 Å². The molecule has 0 saturated carbocycles. The highest BCUT2D eigenvalue weighted by atomic mass is 15.2. The van der Waals surface area contributed by atoms with Crippen molar-refractivity contribution in [2.75, 3.05) is 7.05 Å². The number of nitriles is 1. The van der Waals surface area contributed by atoms with Crippen LogP contribution in [-0.2, 0) is 0 Å². The van der Waals surface area contributed by atoms with E-state index in [1.807, 2.05) is 13.8 Å².